The number of nitrogens with two attached hydrogens (primary N) is 1. The molecular formula is C15H21N3O. The molecular weight excluding hydrogens is 238 g/mol. The number of carbonyl (C=O) groups excluding carboxylic acids is 1. The Morgan fingerprint density at radius 1 is 1.37 bits per heavy atom. The minimum atomic E-state index is -0.168. The molecule has 4 nitrogen and oxygen atoms in total. The number of benzene rings is 1. The highest BCUT2D eigenvalue weighted by molar-refractivity contribution is 5.92. The number of fused-ring (bicyclic) bond motifs is 1. The molecule has 3 N–H and O–H groups in total. The van der Waals surface area contributed by atoms with Gasteiger partial charge in [0.15, 0.2) is 0 Å². The summed E-state index contributed by atoms with van der Waals surface area (Å²) < 4.78 is 1.92. The van der Waals surface area contributed by atoms with Crippen LogP contribution in [0, 0.1) is 0 Å². The summed E-state index contributed by atoms with van der Waals surface area (Å²) in [5.41, 5.74) is 7.47. The zero-order chi connectivity index (χ0) is 14.0. The Morgan fingerprint density at radius 3 is 2.79 bits per heavy atom. The highest BCUT2D eigenvalue weighted by Gasteiger charge is 2.18. The highest BCUT2D eigenvalue weighted by atomic mass is 16.2. The van der Waals surface area contributed by atoms with Gasteiger partial charge in [0.1, 0.15) is 6.54 Å². The Balaban J connectivity index is 2.18. The average Bonchev–Trinajstić information content (AvgIpc) is 2.73. The Morgan fingerprint density at radius 2 is 2.11 bits per heavy atom. The molecule has 0 bridgehead atoms. The Labute approximate surface area is 113 Å². The molecule has 2 rings (SSSR count). The van der Waals surface area contributed by atoms with Gasteiger partial charge in [-0.25, -0.2) is 0 Å². The van der Waals surface area contributed by atoms with E-state index in [9.17, 15) is 4.79 Å². The molecule has 0 atom stereocenters. The first-order valence-electron chi connectivity index (χ1n) is 6.57. The van der Waals surface area contributed by atoms with Crippen molar-refractivity contribution in [3.05, 3.63) is 30.5 Å². The molecule has 0 spiro atoms. The maximum atomic E-state index is 12.1. The van der Waals surface area contributed by atoms with E-state index >= 15 is 0 Å². The standard InChI is InChI=1S/C15H21N3O/c1-4-15(2,3)17-14(19)10-18-9-8-11-12(16)6-5-7-13(11)18/h5-9H,4,10,16H2,1-3H3,(H,17,19). The Hall–Kier alpha value is -1.97. The number of nitrogen functional groups attached to an aromatic ring is 1. The van der Waals surface area contributed by atoms with Crippen molar-refractivity contribution in [3.63, 3.8) is 0 Å². The first-order chi connectivity index (χ1) is 8.93. The van der Waals surface area contributed by atoms with Crippen LogP contribution in [0.5, 0.6) is 0 Å². The summed E-state index contributed by atoms with van der Waals surface area (Å²) in [5.74, 6) is 0.0202. The van der Waals surface area contributed by atoms with Crippen molar-refractivity contribution >= 4 is 22.5 Å². The lowest BCUT2D eigenvalue weighted by Crippen LogP contribution is -2.44. The number of rotatable bonds is 4. The molecule has 0 fully saturated rings. The fourth-order valence-electron chi connectivity index (χ4n) is 2.05. The molecule has 1 aromatic heterocycles. The summed E-state index contributed by atoms with van der Waals surface area (Å²) in [7, 11) is 0. The van der Waals surface area contributed by atoms with Crippen molar-refractivity contribution in [2.24, 2.45) is 0 Å². The zero-order valence-electron chi connectivity index (χ0n) is 11.7. The van der Waals surface area contributed by atoms with Crippen LogP contribution in [0.1, 0.15) is 27.2 Å². The number of amides is 1. The number of aromatic nitrogens is 1. The van der Waals surface area contributed by atoms with Gasteiger partial charge >= 0.3 is 0 Å². The molecule has 2 aromatic rings. The molecule has 19 heavy (non-hydrogen) atoms. The van der Waals surface area contributed by atoms with Crippen LogP contribution in [-0.4, -0.2) is 16.0 Å². The number of nitrogens with zero attached hydrogens (tertiary/aromatic N) is 1. The number of anilines is 1. The lowest BCUT2D eigenvalue weighted by molar-refractivity contribution is -0.123. The van der Waals surface area contributed by atoms with E-state index in [2.05, 4.69) is 12.2 Å². The van der Waals surface area contributed by atoms with Crippen LogP contribution in [0.25, 0.3) is 10.9 Å². The van der Waals surface area contributed by atoms with Gasteiger partial charge in [-0.3, -0.25) is 4.79 Å². The largest absolute Gasteiger partial charge is 0.398 e. The molecule has 0 saturated heterocycles. The average molecular weight is 259 g/mol. The van der Waals surface area contributed by atoms with Crippen LogP contribution in [0.3, 0.4) is 0 Å². The predicted molar refractivity (Wildman–Crippen MR) is 78.9 cm³/mol. The van der Waals surface area contributed by atoms with E-state index in [1.54, 1.807) is 0 Å². The van der Waals surface area contributed by atoms with Crippen molar-refractivity contribution in [2.45, 2.75) is 39.3 Å². The van der Waals surface area contributed by atoms with Crippen molar-refractivity contribution in [2.75, 3.05) is 5.73 Å². The van der Waals surface area contributed by atoms with Crippen LogP contribution >= 0.6 is 0 Å². The lowest BCUT2D eigenvalue weighted by Gasteiger charge is -2.24. The first-order valence-corrected chi connectivity index (χ1v) is 6.57. The molecule has 0 saturated carbocycles. The van der Waals surface area contributed by atoms with Crippen molar-refractivity contribution < 1.29 is 4.79 Å². The van der Waals surface area contributed by atoms with E-state index in [1.807, 2.05) is 48.9 Å². The number of nitrogens with one attached hydrogen (secondary N) is 1. The van der Waals surface area contributed by atoms with Gasteiger partial charge in [-0.05, 0) is 38.5 Å². The molecule has 0 radical (unpaired) electrons. The molecule has 0 unspecified atom stereocenters. The normalized spacial score (nSPS) is 11.7. The van der Waals surface area contributed by atoms with Crippen LogP contribution in [0.15, 0.2) is 30.5 Å². The number of hydrogen-bond donors (Lipinski definition) is 2. The van der Waals surface area contributed by atoms with Crippen molar-refractivity contribution in [1.82, 2.24) is 9.88 Å². The van der Waals surface area contributed by atoms with Crippen LogP contribution in [-0.2, 0) is 11.3 Å². The van der Waals surface area contributed by atoms with Gasteiger partial charge < -0.3 is 15.6 Å². The predicted octanol–water partition coefficient (Wildman–Crippen LogP) is 2.53. The fraction of sp³-hybridized carbons (Fsp3) is 0.400. The summed E-state index contributed by atoms with van der Waals surface area (Å²) in [6.45, 7) is 6.43. The monoisotopic (exact) mass is 259 g/mol. The topological polar surface area (TPSA) is 60.0 Å². The number of hydrogen-bond acceptors (Lipinski definition) is 2. The molecule has 0 aliphatic rings. The SMILES string of the molecule is CCC(C)(C)NC(=O)Cn1ccc2c(N)cccc21. The third-order valence-corrected chi connectivity index (χ3v) is 3.52. The van der Waals surface area contributed by atoms with Crippen LogP contribution in [0.2, 0.25) is 0 Å². The molecule has 102 valence electrons. The molecule has 1 heterocycles. The van der Waals surface area contributed by atoms with E-state index < -0.39 is 0 Å². The summed E-state index contributed by atoms with van der Waals surface area (Å²) in [6, 6.07) is 7.70. The summed E-state index contributed by atoms with van der Waals surface area (Å²) in [6.07, 6.45) is 2.80. The van der Waals surface area contributed by atoms with E-state index in [0.29, 0.717) is 6.54 Å². The van der Waals surface area contributed by atoms with Crippen LogP contribution in [0.4, 0.5) is 5.69 Å². The molecule has 1 aromatic carbocycles. The zero-order valence-corrected chi connectivity index (χ0v) is 11.7. The first kappa shape index (κ1) is 13.5. The summed E-state index contributed by atoms with van der Waals surface area (Å²) in [5, 5.41) is 4.02. The summed E-state index contributed by atoms with van der Waals surface area (Å²) in [4.78, 5) is 12.1. The van der Waals surface area contributed by atoms with E-state index in [4.69, 9.17) is 5.73 Å². The minimum absolute atomic E-state index is 0.0202. The minimum Gasteiger partial charge on any atom is -0.398 e. The van der Waals surface area contributed by atoms with E-state index in [0.717, 1.165) is 23.0 Å². The van der Waals surface area contributed by atoms with Gasteiger partial charge in [-0.1, -0.05) is 13.0 Å². The van der Waals surface area contributed by atoms with Gasteiger partial charge in [-0.15, -0.1) is 0 Å². The molecule has 0 aliphatic heterocycles. The van der Waals surface area contributed by atoms with Crippen molar-refractivity contribution in [3.8, 4) is 0 Å². The molecule has 0 aliphatic carbocycles. The van der Waals surface area contributed by atoms with Gasteiger partial charge in [0, 0.05) is 22.8 Å². The summed E-state index contributed by atoms with van der Waals surface area (Å²) >= 11 is 0. The van der Waals surface area contributed by atoms with Crippen LogP contribution < -0.4 is 11.1 Å². The van der Waals surface area contributed by atoms with Gasteiger partial charge in [-0.2, -0.15) is 0 Å². The maximum absolute atomic E-state index is 12.1. The van der Waals surface area contributed by atoms with E-state index in [-0.39, 0.29) is 11.4 Å². The second-order valence-corrected chi connectivity index (χ2v) is 5.51. The second kappa shape index (κ2) is 4.96. The van der Waals surface area contributed by atoms with Crippen molar-refractivity contribution in [1.29, 1.82) is 0 Å². The Kier molecular flexibility index (Phi) is 3.51. The highest BCUT2D eigenvalue weighted by Crippen LogP contribution is 2.21. The smallest absolute Gasteiger partial charge is 0.240 e. The third-order valence-electron chi connectivity index (χ3n) is 3.52. The maximum Gasteiger partial charge on any atom is 0.240 e. The van der Waals surface area contributed by atoms with Gasteiger partial charge in [0.05, 0.1) is 5.52 Å². The van der Waals surface area contributed by atoms with E-state index in [1.165, 1.54) is 0 Å². The van der Waals surface area contributed by atoms with Gasteiger partial charge in [0.2, 0.25) is 5.91 Å². The Bertz CT molecular complexity index is 598. The lowest BCUT2D eigenvalue weighted by atomic mass is 10.0. The quantitative estimate of drug-likeness (QED) is 0.829. The third kappa shape index (κ3) is 2.89. The second-order valence-electron chi connectivity index (χ2n) is 5.51. The molecule has 1 amide bonds. The fourth-order valence-corrected chi connectivity index (χ4v) is 2.05. The molecule has 4 heteroatoms. The number of carbonyl (C=O) groups is 1. The van der Waals surface area contributed by atoms with Gasteiger partial charge in [0.25, 0.3) is 0 Å².